The molecule has 0 atom stereocenters. The molecule has 8 rings (SSSR count). The van der Waals surface area contributed by atoms with Crippen molar-refractivity contribution >= 4 is 75.4 Å². The van der Waals surface area contributed by atoms with Crippen LogP contribution in [0.3, 0.4) is 0 Å². The van der Waals surface area contributed by atoms with Crippen LogP contribution < -0.4 is 0 Å². The lowest BCUT2D eigenvalue weighted by Gasteiger charge is -2.11. The minimum absolute atomic E-state index is 1.29. The summed E-state index contributed by atoms with van der Waals surface area (Å²) in [6.07, 6.45) is 0. The summed E-state index contributed by atoms with van der Waals surface area (Å²) < 4.78 is 0. The van der Waals surface area contributed by atoms with Crippen molar-refractivity contribution in [1.82, 2.24) is 0 Å². The third-order valence-corrected chi connectivity index (χ3v) is 7.56. The Morgan fingerprint density at radius 2 is 0.588 bits per heavy atom. The van der Waals surface area contributed by atoms with Crippen LogP contribution in [-0.2, 0) is 0 Å². The third kappa shape index (κ3) is 2.43. The van der Waals surface area contributed by atoms with Gasteiger partial charge in [0.15, 0.2) is 0 Å². The number of rotatable bonds is 0. The standard InChI is InChI=1S/C34H20/c1-3-7-27-21(5-1)9-13-31-29(27)15-11-23-17-26-20-34-24(18-25(26)19-33(23)31)12-16-30-28-8-4-2-6-22(28)10-14-32(30)34/h1-20H. The smallest absolute Gasteiger partial charge is 0.00987 e. The molecule has 156 valence electrons. The zero-order valence-electron chi connectivity index (χ0n) is 18.5. The lowest BCUT2D eigenvalue weighted by atomic mass is 9.92. The van der Waals surface area contributed by atoms with Crippen LogP contribution in [0.25, 0.3) is 75.4 Å². The van der Waals surface area contributed by atoms with Crippen molar-refractivity contribution in [3.05, 3.63) is 121 Å². The van der Waals surface area contributed by atoms with Crippen LogP contribution in [-0.4, -0.2) is 0 Å². The van der Waals surface area contributed by atoms with E-state index in [0.29, 0.717) is 0 Å². The maximum Gasteiger partial charge on any atom is -0.00987 e. The van der Waals surface area contributed by atoms with Crippen LogP contribution >= 0.6 is 0 Å². The Morgan fingerprint density at radius 3 is 1.06 bits per heavy atom. The van der Waals surface area contributed by atoms with Gasteiger partial charge in [0.1, 0.15) is 0 Å². The summed E-state index contributed by atoms with van der Waals surface area (Å²) in [5.74, 6) is 0. The molecule has 0 N–H and O–H groups in total. The molecule has 0 unspecified atom stereocenters. The van der Waals surface area contributed by atoms with Gasteiger partial charge in [0.2, 0.25) is 0 Å². The lowest BCUT2D eigenvalue weighted by Crippen LogP contribution is -1.84. The van der Waals surface area contributed by atoms with Crippen molar-refractivity contribution in [3.63, 3.8) is 0 Å². The van der Waals surface area contributed by atoms with Gasteiger partial charge in [-0.05, 0) is 99.7 Å². The van der Waals surface area contributed by atoms with E-state index in [9.17, 15) is 0 Å². The topological polar surface area (TPSA) is 0 Å². The highest BCUT2D eigenvalue weighted by molar-refractivity contribution is 6.22. The average molecular weight is 429 g/mol. The van der Waals surface area contributed by atoms with Crippen LogP contribution in [0.2, 0.25) is 0 Å². The van der Waals surface area contributed by atoms with Gasteiger partial charge in [0.25, 0.3) is 0 Å². The molecule has 0 saturated heterocycles. The molecule has 0 saturated carbocycles. The van der Waals surface area contributed by atoms with Gasteiger partial charge in [-0.3, -0.25) is 0 Å². The summed E-state index contributed by atoms with van der Waals surface area (Å²) in [4.78, 5) is 0. The monoisotopic (exact) mass is 428 g/mol. The summed E-state index contributed by atoms with van der Waals surface area (Å²) >= 11 is 0. The Hall–Kier alpha value is -4.42. The molecule has 0 heterocycles. The SMILES string of the molecule is c1ccc2c(c1)ccc1c3cc4cc5ccc6c7ccccc7ccc6c5cc4cc3ccc21. The highest BCUT2D eigenvalue weighted by Crippen LogP contribution is 2.37. The molecule has 0 fully saturated rings. The molecule has 0 aromatic heterocycles. The fraction of sp³-hybridized carbons (Fsp3) is 0. The zero-order valence-corrected chi connectivity index (χ0v) is 18.5. The van der Waals surface area contributed by atoms with Crippen molar-refractivity contribution in [1.29, 1.82) is 0 Å². The summed E-state index contributed by atoms with van der Waals surface area (Å²) in [6, 6.07) is 45.0. The number of hydrogen-bond acceptors (Lipinski definition) is 0. The summed E-state index contributed by atoms with van der Waals surface area (Å²) in [6.45, 7) is 0. The van der Waals surface area contributed by atoms with Gasteiger partial charge in [-0.1, -0.05) is 97.1 Å². The van der Waals surface area contributed by atoms with Gasteiger partial charge in [0.05, 0.1) is 0 Å². The molecular formula is C34H20. The number of fused-ring (bicyclic) bond motifs is 11. The van der Waals surface area contributed by atoms with Crippen molar-refractivity contribution in [3.8, 4) is 0 Å². The van der Waals surface area contributed by atoms with Gasteiger partial charge in [-0.2, -0.15) is 0 Å². The average Bonchev–Trinajstić information content (AvgIpc) is 2.90. The van der Waals surface area contributed by atoms with E-state index in [0.717, 1.165) is 0 Å². The van der Waals surface area contributed by atoms with Crippen LogP contribution in [0.1, 0.15) is 0 Å². The van der Waals surface area contributed by atoms with E-state index in [1.807, 2.05) is 0 Å². The molecule has 0 spiro atoms. The van der Waals surface area contributed by atoms with Crippen LogP contribution in [0.4, 0.5) is 0 Å². The zero-order chi connectivity index (χ0) is 22.2. The van der Waals surface area contributed by atoms with Crippen molar-refractivity contribution in [2.45, 2.75) is 0 Å². The van der Waals surface area contributed by atoms with E-state index in [1.54, 1.807) is 0 Å². The maximum absolute atomic E-state index is 2.38. The Balaban J connectivity index is 1.47. The first-order valence-corrected chi connectivity index (χ1v) is 11.9. The van der Waals surface area contributed by atoms with Crippen LogP contribution in [0.15, 0.2) is 121 Å². The highest BCUT2D eigenvalue weighted by Gasteiger charge is 2.09. The molecule has 0 bridgehead atoms. The molecular weight excluding hydrogens is 408 g/mol. The van der Waals surface area contributed by atoms with E-state index in [1.165, 1.54) is 75.4 Å². The fourth-order valence-corrected chi connectivity index (χ4v) is 5.89. The van der Waals surface area contributed by atoms with E-state index in [-0.39, 0.29) is 0 Å². The molecule has 8 aromatic rings. The first kappa shape index (κ1) is 18.1. The van der Waals surface area contributed by atoms with Crippen LogP contribution in [0, 0.1) is 0 Å². The molecule has 34 heavy (non-hydrogen) atoms. The predicted octanol–water partition coefficient (Wildman–Crippen LogP) is 9.76. The first-order valence-electron chi connectivity index (χ1n) is 11.9. The second-order valence-corrected chi connectivity index (χ2v) is 9.39. The fourth-order valence-electron chi connectivity index (χ4n) is 5.89. The van der Waals surface area contributed by atoms with Crippen LogP contribution in [0.5, 0.6) is 0 Å². The summed E-state index contributed by atoms with van der Waals surface area (Å²) in [5.41, 5.74) is 0. The molecule has 8 aromatic carbocycles. The molecule has 0 aliphatic rings. The quantitative estimate of drug-likeness (QED) is 0.166. The Kier molecular flexibility index (Phi) is 3.48. The van der Waals surface area contributed by atoms with Gasteiger partial charge in [-0.15, -0.1) is 0 Å². The number of hydrogen-bond donors (Lipinski definition) is 0. The lowest BCUT2D eigenvalue weighted by molar-refractivity contribution is 1.78. The van der Waals surface area contributed by atoms with Crippen molar-refractivity contribution in [2.24, 2.45) is 0 Å². The van der Waals surface area contributed by atoms with E-state index in [4.69, 9.17) is 0 Å². The van der Waals surface area contributed by atoms with E-state index in [2.05, 4.69) is 121 Å². The van der Waals surface area contributed by atoms with Gasteiger partial charge in [0, 0.05) is 0 Å². The summed E-state index contributed by atoms with van der Waals surface area (Å²) in [7, 11) is 0. The van der Waals surface area contributed by atoms with Crippen molar-refractivity contribution in [2.75, 3.05) is 0 Å². The predicted molar refractivity (Wildman–Crippen MR) is 149 cm³/mol. The molecule has 0 aliphatic heterocycles. The minimum Gasteiger partial charge on any atom is -0.0616 e. The van der Waals surface area contributed by atoms with E-state index < -0.39 is 0 Å². The Bertz CT molecular complexity index is 1960. The Morgan fingerprint density at radius 1 is 0.206 bits per heavy atom. The molecule has 0 nitrogen and oxygen atoms in total. The largest absolute Gasteiger partial charge is 0.0616 e. The highest BCUT2D eigenvalue weighted by atomic mass is 14.1. The van der Waals surface area contributed by atoms with Gasteiger partial charge in [-0.25, -0.2) is 0 Å². The molecule has 0 heteroatoms. The molecule has 0 amide bonds. The first-order chi connectivity index (χ1) is 16.8. The second kappa shape index (κ2) is 6.56. The van der Waals surface area contributed by atoms with Crippen molar-refractivity contribution < 1.29 is 0 Å². The number of benzene rings is 8. The van der Waals surface area contributed by atoms with Gasteiger partial charge < -0.3 is 0 Å². The normalized spacial score (nSPS) is 12.1. The third-order valence-electron chi connectivity index (χ3n) is 7.56. The maximum atomic E-state index is 2.38. The minimum atomic E-state index is 1.29. The molecule has 0 aliphatic carbocycles. The second-order valence-electron chi connectivity index (χ2n) is 9.39. The Labute approximate surface area is 196 Å². The summed E-state index contributed by atoms with van der Waals surface area (Å²) in [5, 5.41) is 18.3. The van der Waals surface area contributed by atoms with Gasteiger partial charge >= 0.3 is 0 Å². The molecule has 0 radical (unpaired) electrons. The van der Waals surface area contributed by atoms with E-state index >= 15 is 0 Å².